The Morgan fingerprint density at radius 1 is 1.24 bits per heavy atom. The summed E-state index contributed by atoms with van der Waals surface area (Å²) in [6.45, 7) is 2.46. The van der Waals surface area contributed by atoms with Crippen LogP contribution in [0.3, 0.4) is 0 Å². The van der Waals surface area contributed by atoms with E-state index < -0.39 is 0 Å². The van der Waals surface area contributed by atoms with Gasteiger partial charge in [0, 0.05) is 30.6 Å². The number of hydrogen-bond acceptors (Lipinski definition) is 4. The molecule has 0 radical (unpaired) electrons. The van der Waals surface area contributed by atoms with Crippen molar-refractivity contribution in [2.45, 2.75) is 19.0 Å². The first-order chi connectivity index (χ1) is 14.0. The summed E-state index contributed by atoms with van der Waals surface area (Å²) in [6, 6.07) is 15.5. The van der Waals surface area contributed by atoms with Crippen molar-refractivity contribution in [1.29, 1.82) is 0 Å². The predicted octanol–water partition coefficient (Wildman–Crippen LogP) is 1.91. The van der Waals surface area contributed by atoms with Crippen LogP contribution in [0.25, 0.3) is 0 Å². The summed E-state index contributed by atoms with van der Waals surface area (Å²) >= 11 is 0. The number of fused-ring (bicyclic) bond motifs is 1. The summed E-state index contributed by atoms with van der Waals surface area (Å²) in [5, 5.41) is 6.21. The second kappa shape index (κ2) is 9.93. The van der Waals surface area contributed by atoms with E-state index in [0.29, 0.717) is 31.2 Å². The van der Waals surface area contributed by atoms with Crippen molar-refractivity contribution in [2.24, 2.45) is 10.7 Å². The number of nitrogens with one attached hydrogen (secondary N) is 2. The van der Waals surface area contributed by atoms with Gasteiger partial charge in [-0.2, -0.15) is 0 Å². The van der Waals surface area contributed by atoms with Gasteiger partial charge in [0.2, 0.25) is 0 Å². The number of carbonyl (C=O) groups excluding carboxylic acids is 1. The normalized spacial score (nSPS) is 16.1. The van der Waals surface area contributed by atoms with Gasteiger partial charge in [-0.15, -0.1) is 0 Å². The van der Waals surface area contributed by atoms with Crippen molar-refractivity contribution < 1.29 is 9.53 Å². The van der Waals surface area contributed by atoms with Gasteiger partial charge in [0.15, 0.2) is 5.96 Å². The van der Waals surface area contributed by atoms with Gasteiger partial charge < -0.3 is 26.0 Å². The maximum Gasteiger partial charge on any atom is 0.251 e. The first-order valence-electron chi connectivity index (χ1n) is 9.83. The number of likely N-dealkylation sites (N-methyl/N-ethyl adjacent to an activating group) is 1. The van der Waals surface area contributed by atoms with Crippen LogP contribution < -0.4 is 21.1 Å². The Labute approximate surface area is 172 Å². The van der Waals surface area contributed by atoms with E-state index in [1.165, 1.54) is 0 Å². The van der Waals surface area contributed by atoms with Crippen LogP contribution in [0, 0.1) is 0 Å². The second-order valence-corrected chi connectivity index (χ2v) is 7.33. The Hall–Kier alpha value is -3.06. The van der Waals surface area contributed by atoms with Crippen molar-refractivity contribution in [3.63, 3.8) is 0 Å². The molecule has 0 saturated carbocycles. The Morgan fingerprint density at radius 2 is 2.07 bits per heavy atom. The largest absolute Gasteiger partial charge is 0.493 e. The van der Waals surface area contributed by atoms with Crippen LogP contribution in [0.4, 0.5) is 0 Å². The lowest BCUT2D eigenvalue weighted by molar-refractivity contribution is 0.0951. The predicted molar refractivity (Wildman–Crippen MR) is 115 cm³/mol. The molecule has 29 heavy (non-hydrogen) atoms. The molecule has 0 aliphatic carbocycles. The number of guanidine groups is 1. The first-order valence-corrected chi connectivity index (χ1v) is 9.83. The highest BCUT2D eigenvalue weighted by Crippen LogP contribution is 2.31. The highest BCUT2D eigenvalue weighted by atomic mass is 16.5. The summed E-state index contributed by atoms with van der Waals surface area (Å²) in [6.07, 6.45) is 0.829. The zero-order chi connectivity index (χ0) is 20.6. The van der Waals surface area contributed by atoms with Crippen LogP contribution in [-0.4, -0.2) is 50.6 Å². The molecule has 1 heterocycles. The highest BCUT2D eigenvalue weighted by Gasteiger charge is 2.21. The van der Waals surface area contributed by atoms with Crippen molar-refractivity contribution >= 4 is 11.9 Å². The molecule has 2 aromatic carbocycles. The number of amides is 1. The number of hydrogen-bond donors (Lipinski definition) is 3. The molecule has 1 amide bonds. The molecule has 7 heteroatoms. The monoisotopic (exact) mass is 395 g/mol. The molecule has 154 valence electrons. The molecule has 4 N–H and O–H groups in total. The Bertz CT molecular complexity index is 866. The molecule has 0 aromatic heterocycles. The zero-order valence-corrected chi connectivity index (χ0v) is 17.0. The number of nitrogens with zero attached hydrogens (tertiary/aromatic N) is 2. The van der Waals surface area contributed by atoms with E-state index in [9.17, 15) is 4.79 Å². The molecule has 0 bridgehead atoms. The molecule has 1 atom stereocenters. The first kappa shape index (κ1) is 20.7. The van der Waals surface area contributed by atoms with Crippen LogP contribution >= 0.6 is 0 Å². The summed E-state index contributed by atoms with van der Waals surface area (Å²) in [7, 11) is 3.95. The average Bonchev–Trinajstić information content (AvgIpc) is 2.72. The Morgan fingerprint density at radius 3 is 2.90 bits per heavy atom. The number of rotatable bonds is 7. The van der Waals surface area contributed by atoms with Gasteiger partial charge in [0.05, 0.1) is 19.2 Å². The maximum atomic E-state index is 12.3. The van der Waals surface area contributed by atoms with Gasteiger partial charge in [-0.1, -0.05) is 30.3 Å². The molecule has 0 spiro atoms. The topological polar surface area (TPSA) is 92.0 Å². The van der Waals surface area contributed by atoms with Crippen LogP contribution in [0.2, 0.25) is 0 Å². The van der Waals surface area contributed by atoms with Crippen LogP contribution in [0.5, 0.6) is 5.75 Å². The van der Waals surface area contributed by atoms with E-state index in [2.05, 4.69) is 15.6 Å². The van der Waals surface area contributed by atoms with Crippen LogP contribution in [0.1, 0.15) is 33.9 Å². The number of carbonyl (C=O) groups is 1. The van der Waals surface area contributed by atoms with E-state index in [1.54, 1.807) is 6.07 Å². The lowest BCUT2D eigenvalue weighted by atomic mass is 10.0. The number of aliphatic imine (C=N–C) groups is 1. The van der Waals surface area contributed by atoms with Crippen LogP contribution in [-0.2, 0) is 6.54 Å². The molecular weight excluding hydrogens is 366 g/mol. The lowest BCUT2D eigenvalue weighted by Crippen LogP contribution is -2.37. The third-order valence-electron chi connectivity index (χ3n) is 4.75. The summed E-state index contributed by atoms with van der Waals surface area (Å²) in [5.74, 6) is 1.19. The molecular formula is C22H29N5O2. The van der Waals surface area contributed by atoms with Gasteiger partial charge in [0.1, 0.15) is 5.75 Å². The fraction of sp³-hybridized carbons (Fsp3) is 0.364. The van der Waals surface area contributed by atoms with Crippen LogP contribution in [0.15, 0.2) is 53.5 Å². The van der Waals surface area contributed by atoms with E-state index in [1.807, 2.05) is 61.5 Å². The summed E-state index contributed by atoms with van der Waals surface area (Å²) < 4.78 is 5.68. The minimum Gasteiger partial charge on any atom is -0.493 e. The Kier molecular flexibility index (Phi) is 7.08. The van der Waals surface area contributed by atoms with Gasteiger partial charge in [-0.25, -0.2) is 4.99 Å². The quantitative estimate of drug-likeness (QED) is 0.492. The molecule has 2 aromatic rings. The van der Waals surface area contributed by atoms with Gasteiger partial charge in [0.25, 0.3) is 5.91 Å². The molecule has 1 aliphatic rings. The second-order valence-electron chi connectivity index (χ2n) is 7.33. The minimum absolute atomic E-state index is 0.0809. The molecule has 0 fully saturated rings. The van der Waals surface area contributed by atoms with Crippen molar-refractivity contribution in [3.05, 3.63) is 65.2 Å². The molecule has 1 unspecified atom stereocenters. The van der Waals surface area contributed by atoms with E-state index in [0.717, 1.165) is 29.8 Å². The molecule has 0 saturated heterocycles. The van der Waals surface area contributed by atoms with E-state index in [-0.39, 0.29) is 11.9 Å². The van der Waals surface area contributed by atoms with Gasteiger partial charge in [-0.3, -0.25) is 4.79 Å². The van der Waals surface area contributed by atoms with E-state index >= 15 is 0 Å². The highest BCUT2D eigenvalue weighted by molar-refractivity contribution is 5.94. The Balaban J connectivity index is 1.58. The fourth-order valence-corrected chi connectivity index (χ4v) is 3.20. The smallest absolute Gasteiger partial charge is 0.251 e. The van der Waals surface area contributed by atoms with Gasteiger partial charge >= 0.3 is 0 Å². The van der Waals surface area contributed by atoms with Crippen molar-refractivity contribution in [3.8, 4) is 5.75 Å². The fourth-order valence-electron chi connectivity index (χ4n) is 3.20. The summed E-state index contributed by atoms with van der Waals surface area (Å²) in [5.41, 5.74) is 8.77. The minimum atomic E-state index is -0.0809. The number of ether oxygens (including phenoxy) is 1. The lowest BCUT2D eigenvalue weighted by Gasteiger charge is -2.26. The maximum absolute atomic E-state index is 12.3. The number of benzene rings is 2. The molecule has 7 nitrogen and oxygen atoms in total. The third-order valence-corrected chi connectivity index (χ3v) is 4.75. The van der Waals surface area contributed by atoms with Gasteiger partial charge in [-0.05, 0) is 37.9 Å². The standard InChI is InChI=1S/C22H29N5O2/c1-27(2)12-11-24-21(28)17-7-5-6-16(14-17)15-25-22(23)26-19-10-13-29-20-9-4-3-8-18(19)20/h3-9,14,19H,10-13,15H2,1-2H3,(H,24,28)(H3,23,25,26). The average molecular weight is 396 g/mol. The SMILES string of the molecule is CN(C)CCNC(=O)c1cccc(CN=C(N)NC2CCOc3ccccc32)c1. The van der Waals surface area contributed by atoms with Crippen molar-refractivity contribution in [2.75, 3.05) is 33.8 Å². The third kappa shape index (κ3) is 5.96. The number of para-hydroxylation sites is 1. The summed E-state index contributed by atoms with van der Waals surface area (Å²) in [4.78, 5) is 18.8. The number of nitrogens with two attached hydrogens (primary N) is 1. The van der Waals surface area contributed by atoms with Crippen molar-refractivity contribution in [1.82, 2.24) is 15.5 Å². The van der Waals surface area contributed by atoms with E-state index in [4.69, 9.17) is 10.5 Å². The molecule has 1 aliphatic heterocycles. The molecule has 3 rings (SSSR count). The zero-order valence-electron chi connectivity index (χ0n) is 17.0.